The Bertz CT molecular complexity index is 231. The predicted octanol–water partition coefficient (Wildman–Crippen LogP) is 0.794. The Morgan fingerprint density at radius 1 is 1.44 bits per heavy atom. The zero-order chi connectivity index (χ0) is 12.2. The Morgan fingerprint density at radius 2 is 2.12 bits per heavy atom. The largest absolute Gasteiger partial charge is 0.391 e. The minimum absolute atomic E-state index is 0.00722. The van der Waals surface area contributed by atoms with E-state index >= 15 is 0 Å². The van der Waals surface area contributed by atoms with Crippen LogP contribution in [0.15, 0.2) is 0 Å². The molecule has 1 amide bonds. The summed E-state index contributed by atoms with van der Waals surface area (Å²) in [5, 5.41) is 15.7. The van der Waals surface area contributed by atoms with E-state index in [-0.39, 0.29) is 11.9 Å². The van der Waals surface area contributed by atoms with Crippen LogP contribution in [0.1, 0.15) is 46.5 Å². The summed E-state index contributed by atoms with van der Waals surface area (Å²) in [5.41, 5.74) is -0.564. The Kier molecular flexibility index (Phi) is 4.74. The summed E-state index contributed by atoms with van der Waals surface area (Å²) in [6.07, 6.45) is 3.77. The second-order valence-corrected chi connectivity index (χ2v) is 5.24. The lowest BCUT2D eigenvalue weighted by Crippen LogP contribution is -2.56. The van der Waals surface area contributed by atoms with Crippen molar-refractivity contribution in [3.05, 3.63) is 0 Å². The summed E-state index contributed by atoms with van der Waals surface area (Å²) in [7, 11) is 0. The quantitative estimate of drug-likeness (QED) is 0.669. The molecule has 1 heterocycles. The number of carbonyl (C=O) groups excluding carboxylic acids is 1. The molecule has 2 atom stereocenters. The summed E-state index contributed by atoms with van der Waals surface area (Å²) >= 11 is 0. The van der Waals surface area contributed by atoms with E-state index < -0.39 is 11.6 Å². The van der Waals surface area contributed by atoms with E-state index in [0.717, 1.165) is 25.8 Å². The zero-order valence-corrected chi connectivity index (χ0v) is 10.5. The molecule has 0 radical (unpaired) electrons. The molecule has 16 heavy (non-hydrogen) atoms. The molecule has 2 unspecified atom stereocenters. The summed E-state index contributed by atoms with van der Waals surface area (Å²) < 4.78 is 0. The van der Waals surface area contributed by atoms with Gasteiger partial charge in [-0.1, -0.05) is 12.8 Å². The van der Waals surface area contributed by atoms with E-state index in [9.17, 15) is 9.90 Å². The van der Waals surface area contributed by atoms with Gasteiger partial charge < -0.3 is 15.7 Å². The smallest absolute Gasteiger partial charge is 0.237 e. The molecule has 94 valence electrons. The predicted molar refractivity (Wildman–Crippen MR) is 64.2 cm³/mol. The first kappa shape index (κ1) is 13.5. The van der Waals surface area contributed by atoms with Crippen LogP contribution in [0.4, 0.5) is 0 Å². The molecule has 4 heteroatoms. The van der Waals surface area contributed by atoms with Gasteiger partial charge in [-0.2, -0.15) is 0 Å². The highest BCUT2D eigenvalue weighted by molar-refractivity contribution is 5.82. The molecule has 0 aliphatic carbocycles. The molecule has 1 fully saturated rings. The van der Waals surface area contributed by atoms with Crippen molar-refractivity contribution in [3.8, 4) is 0 Å². The topological polar surface area (TPSA) is 61.4 Å². The number of hydrogen-bond acceptors (Lipinski definition) is 3. The van der Waals surface area contributed by atoms with Gasteiger partial charge in [-0.15, -0.1) is 0 Å². The second-order valence-electron chi connectivity index (χ2n) is 5.24. The van der Waals surface area contributed by atoms with Crippen molar-refractivity contribution in [2.45, 2.75) is 64.1 Å². The highest BCUT2D eigenvalue weighted by atomic mass is 16.3. The van der Waals surface area contributed by atoms with Gasteiger partial charge in [0.05, 0.1) is 17.7 Å². The SMILES string of the molecule is CC(O)C(C)(C)NC(=O)C1CCCCCN1. The summed E-state index contributed by atoms with van der Waals surface area (Å²) in [5.74, 6) is 0.00722. The van der Waals surface area contributed by atoms with Crippen molar-refractivity contribution in [2.24, 2.45) is 0 Å². The summed E-state index contributed by atoms with van der Waals surface area (Å²) in [6.45, 7) is 6.28. The number of rotatable bonds is 3. The van der Waals surface area contributed by atoms with Crippen LogP contribution in [0.2, 0.25) is 0 Å². The molecule has 3 N–H and O–H groups in total. The van der Waals surface area contributed by atoms with Crippen molar-refractivity contribution in [3.63, 3.8) is 0 Å². The van der Waals surface area contributed by atoms with E-state index in [0.29, 0.717) is 0 Å². The van der Waals surface area contributed by atoms with Crippen LogP contribution in [0.5, 0.6) is 0 Å². The average Bonchev–Trinajstić information content (AvgIpc) is 2.44. The van der Waals surface area contributed by atoms with Crippen LogP contribution in [0, 0.1) is 0 Å². The van der Waals surface area contributed by atoms with Gasteiger partial charge in [0.15, 0.2) is 0 Å². The second kappa shape index (κ2) is 5.64. The normalized spacial score (nSPS) is 24.6. The molecule has 0 saturated carbocycles. The van der Waals surface area contributed by atoms with Gasteiger partial charge in [-0.25, -0.2) is 0 Å². The van der Waals surface area contributed by atoms with Gasteiger partial charge in [0.2, 0.25) is 5.91 Å². The molecule has 0 aromatic rings. The molecule has 0 bridgehead atoms. The fourth-order valence-electron chi connectivity index (χ4n) is 1.76. The van der Waals surface area contributed by atoms with Gasteiger partial charge in [0.25, 0.3) is 0 Å². The van der Waals surface area contributed by atoms with E-state index in [1.165, 1.54) is 6.42 Å². The third-order valence-corrected chi connectivity index (χ3v) is 3.37. The van der Waals surface area contributed by atoms with Crippen molar-refractivity contribution in [1.82, 2.24) is 10.6 Å². The van der Waals surface area contributed by atoms with Crippen molar-refractivity contribution < 1.29 is 9.90 Å². The maximum atomic E-state index is 12.0. The molecular weight excluding hydrogens is 204 g/mol. The Hall–Kier alpha value is -0.610. The molecule has 1 aliphatic rings. The van der Waals surface area contributed by atoms with Crippen LogP contribution in [0.25, 0.3) is 0 Å². The summed E-state index contributed by atoms with van der Waals surface area (Å²) in [4.78, 5) is 12.0. The van der Waals surface area contributed by atoms with E-state index in [1.54, 1.807) is 6.92 Å². The highest BCUT2D eigenvalue weighted by Gasteiger charge is 2.29. The number of aliphatic hydroxyl groups is 1. The van der Waals surface area contributed by atoms with Crippen LogP contribution in [-0.2, 0) is 4.79 Å². The molecule has 1 rings (SSSR count). The zero-order valence-electron chi connectivity index (χ0n) is 10.5. The number of aliphatic hydroxyl groups excluding tert-OH is 1. The number of nitrogens with one attached hydrogen (secondary N) is 2. The first-order valence-corrected chi connectivity index (χ1v) is 6.17. The minimum Gasteiger partial charge on any atom is -0.391 e. The molecule has 4 nitrogen and oxygen atoms in total. The van der Waals surface area contributed by atoms with E-state index in [2.05, 4.69) is 10.6 Å². The lowest BCUT2D eigenvalue weighted by molar-refractivity contribution is -0.126. The molecule has 0 aromatic heterocycles. The van der Waals surface area contributed by atoms with Crippen molar-refractivity contribution in [1.29, 1.82) is 0 Å². The Morgan fingerprint density at radius 3 is 2.75 bits per heavy atom. The van der Waals surface area contributed by atoms with E-state index in [4.69, 9.17) is 0 Å². The van der Waals surface area contributed by atoms with Crippen molar-refractivity contribution in [2.75, 3.05) is 6.54 Å². The first-order chi connectivity index (χ1) is 7.43. The van der Waals surface area contributed by atoms with E-state index in [1.807, 2.05) is 13.8 Å². The van der Waals surface area contributed by atoms with Crippen LogP contribution in [0.3, 0.4) is 0 Å². The van der Waals surface area contributed by atoms with Gasteiger partial charge >= 0.3 is 0 Å². The fraction of sp³-hybridized carbons (Fsp3) is 0.917. The molecule has 0 spiro atoms. The van der Waals surface area contributed by atoms with Crippen LogP contribution < -0.4 is 10.6 Å². The highest BCUT2D eigenvalue weighted by Crippen LogP contribution is 2.12. The van der Waals surface area contributed by atoms with Crippen LogP contribution in [-0.4, -0.2) is 35.2 Å². The number of amides is 1. The molecule has 1 saturated heterocycles. The maximum absolute atomic E-state index is 12.0. The standard InChI is InChI=1S/C12H24N2O2/c1-9(15)12(2,3)14-11(16)10-7-5-4-6-8-13-10/h9-10,13,15H,4-8H2,1-3H3,(H,14,16). The lowest BCUT2D eigenvalue weighted by atomic mass is 9.97. The number of hydrogen-bond donors (Lipinski definition) is 3. The average molecular weight is 228 g/mol. The summed E-state index contributed by atoms with van der Waals surface area (Å²) in [6, 6.07) is -0.0967. The fourth-order valence-corrected chi connectivity index (χ4v) is 1.76. The van der Waals surface area contributed by atoms with Gasteiger partial charge in [-0.05, 0) is 40.2 Å². The van der Waals surface area contributed by atoms with Gasteiger partial charge in [-0.3, -0.25) is 4.79 Å². The molecule has 1 aliphatic heterocycles. The monoisotopic (exact) mass is 228 g/mol. The van der Waals surface area contributed by atoms with Crippen molar-refractivity contribution >= 4 is 5.91 Å². The minimum atomic E-state index is -0.564. The first-order valence-electron chi connectivity index (χ1n) is 6.17. The Balaban J connectivity index is 2.50. The number of carbonyl (C=O) groups is 1. The van der Waals surface area contributed by atoms with Crippen LogP contribution >= 0.6 is 0 Å². The maximum Gasteiger partial charge on any atom is 0.237 e. The third-order valence-electron chi connectivity index (χ3n) is 3.37. The Labute approximate surface area is 97.8 Å². The van der Waals surface area contributed by atoms with Gasteiger partial charge in [0.1, 0.15) is 0 Å². The third kappa shape index (κ3) is 3.76. The molecule has 0 aromatic carbocycles. The molecular formula is C12H24N2O2. The lowest BCUT2D eigenvalue weighted by Gasteiger charge is -2.31. The van der Waals surface area contributed by atoms with Gasteiger partial charge in [0, 0.05) is 0 Å².